The number of nitrogens with zero attached hydrogens (tertiary/aromatic N) is 1. The van der Waals surface area contributed by atoms with Crippen molar-refractivity contribution in [1.29, 1.82) is 0 Å². The molecule has 4 N–H and O–H groups in total. The fourth-order valence-electron chi connectivity index (χ4n) is 17.6. The molecule has 0 amide bonds. The Kier molecular flexibility index (Phi) is 10.4. The lowest BCUT2D eigenvalue weighted by Gasteiger charge is -2.73. The first kappa shape index (κ1) is 44.4. The number of carbonyl (C=O) groups excluding carboxylic acids is 2. The standard InChI is InChI=1S/C56H77N3O6/c1-32-24-33(26-36(25-32)34-14-22-64-23-15-34)27-37-30-59-31-38-43-44(52(4,28-40(60)50-51(2,3)65-50)17-11-35-29-58-45(37)46(35)59)48(63)39-10-9-16-56(55(39,43)7)19-12-41-53(5,20-21-57-8)42(61)13-18-54(41,6)49(56)47(38)62/h24-26,29-30,34,38-41,47,49-50,57-58,60,62H,9-23,27-28,31H2,1-8H3/t38-,39-,40+,41-,47+,49+,50+,52-,53-,54+,55-,56-/m0/s1. The number of aromatic nitrogens is 2. The van der Waals surface area contributed by atoms with Gasteiger partial charge in [-0.05, 0) is 167 Å². The molecule has 2 aromatic heterocycles. The summed E-state index contributed by atoms with van der Waals surface area (Å²) in [5.74, 6) is 0.823. The Balaban J connectivity index is 1.08. The topological polar surface area (TPSA) is 129 Å². The van der Waals surface area contributed by atoms with Crippen LogP contribution < -0.4 is 5.32 Å². The number of hydrogen-bond acceptors (Lipinski definition) is 7. The maximum atomic E-state index is 15.9. The van der Waals surface area contributed by atoms with Crippen LogP contribution in [0.15, 0.2) is 41.7 Å². The summed E-state index contributed by atoms with van der Waals surface area (Å²) in [6.07, 6.45) is 14.6. The van der Waals surface area contributed by atoms with Crippen LogP contribution in [0, 0.1) is 57.7 Å². The van der Waals surface area contributed by atoms with Gasteiger partial charge in [-0.15, -0.1) is 0 Å². The molecule has 11 rings (SSSR count). The molecule has 9 nitrogen and oxygen atoms in total. The van der Waals surface area contributed by atoms with Crippen molar-refractivity contribution in [3.8, 4) is 0 Å². The van der Waals surface area contributed by atoms with Crippen LogP contribution in [-0.2, 0) is 38.4 Å². The van der Waals surface area contributed by atoms with Gasteiger partial charge in [0.25, 0.3) is 0 Å². The minimum atomic E-state index is -0.713. The molecule has 12 atom stereocenters. The summed E-state index contributed by atoms with van der Waals surface area (Å²) in [5, 5.41) is 29.4. The average Bonchev–Trinajstić information content (AvgIpc) is 3.49. The number of ether oxygens (including phenoxy) is 2. The van der Waals surface area contributed by atoms with Gasteiger partial charge in [-0.3, -0.25) is 9.59 Å². The van der Waals surface area contributed by atoms with Crippen LogP contribution >= 0.6 is 0 Å². The second-order valence-corrected chi connectivity index (χ2v) is 24.5. The molecule has 352 valence electrons. The fourth-order valence-corrected chi connectivity index (χ4v) is 17.6. The largest absolute Gasteiger partial charge is 0.392 e. The van der Waals surface area contributed by atoms with Gasteiger partial charge in [0, 0.05) is 73.2 Å². The number of carbonyl (C=O) groups is 2. The van der Waals surface area contributed by atoms with Gasteiger partial charge >= 0.3 is 0 Å². The number of epoxide rings is 1. The van der Waals surface area contributed by atoms with Crippen molar-refractivity contribution >= 4 is 22.6 Å². The highest BCUT2D eigenvalue weighted by Crippen LogP contribution is 2.79. The zero-order valence-corrected chi connectivity index (χ0v) is 40.7. The summed E-state index contributed by atoms with van der Waals surface area (Å²) >= 11 is 0. The third-order valence-corrected chi connectivity index (χ3v) is 20.6. The van der Waals surface area contributed by atoms with Gasteiger partial charge in [0.15, 0.2) is 5.78 Å². The van der Waals surface area contributed by atoms with E-state index in [9.17, 15) is 15.0 Å². The van der Waals surface area contributed by atoms with E-state index in [-0.39, 0.29) is 46.4 Å². The number of hydrogen-bond donors (Lipinski definition) is 4. The Bertz CT molecular complexity index is 2460. The molecule has 5 heterocycles. The van der Waals surface area contributed by atoms with Crippen LogP contribution in [0.4, 0.5) is 0 Å². The number of allylic oxidation sites excluding steroid dienone is 1. The molecule has 5 aliphatic carbocycles. The van der Waals surface area contributed by atoms with E-state index in [1.165, 1.54) is 44.4 Å². The van der Waals surface area contributed by atoms with Crippen molar-refractivity contribution < 1.29 is 29.3 Å². The minimum absolute atomic E-state index is 0.0583. The highest BCUT2D eigenvalue weighted by molar-refractivity contribution is 6.04. The van der Waals surface area contributed by atoms with Gasteiger partial charge in [-0.25, -0.2) is 0 Å². The molecule has 3 aliphatic heterocycles. The summed E-state index contributed by atoms with van der Waals surface area (Å²) in [6.45, 7) is 18.8. The van der Waals surface area contributed by atoms with E-state index in [1.54, 1.807) is 0 Å². The van der Waals surface area contributed by atoms with E-state index >= 15 is 4.79 Å². The van der Waals surface area contributed by atoms with Crippen molar-refractivity contribution in [3.63, 3.8) is 0 Å². The number of H-pyrrole nitrogens is 1. The van der Waals surface area contributed by atoms with Gasteiger partial charge < -0.3 is 34.6 Å². The van der Waals surface area contributed by atoms with Crippen molar-refractivity contribution in [3.05, 3.63) is 69.6 Å². The van der Waals surface area contributed by atoms with Crippen molar-refractivity contribution in [2.45, 2.75) is 175 Å². The zero-order chi connectivity index (χ0) is 45.6. The number of aryl methyl sites for hydroxylation is 2. The Morgan fingerprint density at radius 3 is 2.48 bits per heavy atom. The third-order valence-electron chi connectivity index (χ3n) is 20.6. The molecule has 4 saturated carbocycles. The first-order chi connectivity index (χ1) is 30.9. The van der Waals surface area contributed by atoms with Crippen LogP contribution in [0.25, 0.3) is 11.0 Å². The van der Waals surface area contributed by atoms with Gasteiger partial charge in [-0.2, -0.15) is 0 Å². The number of fused-ring (bicyclic) bond motifs is 2. The molecule has 3 aromatic rings. The van der Waals surface area contributed by atoms with Gasteiger partial charge in [0.2, 0.25) is 0 Å². The van der Waals surface area contributed by atoms with E-state index in [4.69, 9.17) is 9.47 Å². The summed E-state index contributed by atoms with van der Waals surface area (Å²) < 4.78 is 14.3. The number of nitrogens with one attached hydrogen (secondary N) is 2. The van der Waals surface area contributed by atoms with Crippen LogP contribution in [0.2, 0.25) is 0 Å². The summed E-state index contributed by atoms with van der Waals surface area (Å²) in [6, 6.07) is 7.15. The summed E-state index contributed by atoms with van der Waals surface area (Å²) in [4.78, 5) is 33.9. The maximum Gasteiger partial charge on any atom is 0.163 e. The Morgan fingerprint density at radius 2 is 1.74 bits per heavy atom. The number of aliphatic hydroxyl groups is 2. The van der Waals surface area contributed by atoms with Crippen LogP contribution in [0.3, 0.4) is 0 Å². The number of benzene rings is 1. The predicted octanol–water partition coefficient (Wildman–Crippen LogP) is 9.32. The van der Waals surface area contributed by atoms with E-state index in [1.807, 2.05) is 7.05 Å². The smallest absolute Gasteiger partial charge is 0.163 e. The first-order valence-corrected chi connectivity index (χ1v) is 25.8. The van der Waals surface area contributed by atoms with E-state index < -0.39 is 34.1 Å². The molecule has 2 saturated heterocycles. The molecule has 0 bridgehead atoms. The first-order valence-electron chi connectivity index (χ1n) is 25.8. The molecule has 6 fully saturated rings. The lowest BCUT2D eigenvalue weighted by molar-refractivity contribution is -0.245. The number of aliphatic hydroxyl groups excluding tert-OH is 2. The predicted molar refractivity (Wildman–Crippen MR) is 254 cm³/mol. The fraction of sp³-hybridized carbons (Fsp3) is 0.714. The van der Waals surface area contributed by atoms with Crippen LogP contribution in [0.1, 0.15) is 152 Å². The number of rotatable bonds is 9. The summed E-state index contributed by atoms with van der Waals surface area (Å²) in [7, 11) is 1.98. The van der Waals surface area contributed by atoms with Crippen LogP contribution in [0.5, 0.6) is 0 Å². The summed E-state index contributed by atoms with van der Waals surface area (Å²) in [5.41, 5.74) is 8.56. The SMILES string of the molecule is CNCC[C@]1(C)C(=O)CC[C@@]2(C)[C@H]3[C@H](O)[C@H]4Cn5cc(Cc6cc(C)cc(C7CCOCC7)c6)c6[nH]cc(c65)CC[C@@](C)(C[C@@H](O)[C@H]5OC5(C)C)C5=C4[C@]4(C)[C@@H](CCC[C@]34CC[C@H]21)C5=O. The highest BCUT2D eigenvalue weighted by Gasteiger charge is 2.77. The molecule has 65 heavy (non-hydrogen) atoms. The molecule has 0 radical (unpaired) electrons. The average molecular weight is 888 g/mol. The Labute approximate surface area is 387 Å². The van der Waals surface area contributed by atoms with E-state index in [0.29, 0.717) is 31.1 Å². The van der Waals surface area contributed by atoms with Crippen LogP contribution in [-0.4, -0.2) is 82.0 Å². The maximum absolute atomic E-state index is 15.9. The molecule has 1 aromatic carbocycles. The quantitative estimate of drug-likeness (QED) is 0.158. The monoisotopic (exact) mass is 888 g/mol. The van der Waals surface area contributed by atoms with Gasteiger partial charge in [0.05, 0.1) is 28.8 Å². The third kappa shape index (κ3) is 6.32. The number of Topliss-reactive ketones (excluding diaryl/α,β-unsaturated/α-hetero) is 2. The number of ketones is 2. The number of aromatic amines is 1. The highest BCUT2D eigenvalue weighted by atomic mass is 16.6. The molecule has 8 aliphatic rings. The van der Waals surface area contributed by atoms with Crippen molar-refractivity contribution in [2.24, 2.45) is 50.7 Å². The van der Waals surface area contributed by atoms with Crippen molar-refractivity contribution in [1.82, 2.24) is 14.9 Å². The van der Waals surface area contributed by atoms with E-state index in [2.05, 4.69) is 93.9 Å². The minimum Gasteiger partial charge on any atom is -0.392 e. The molecular formula is C56H77N3O6. The van der Waals surface area contributed by atoms with E-state index in [0.717, 1.165) is 102 Å². The Hall–Kier alpha value is -3.08. The molecule has 1 spiro atoms. The zero-order valence-electron chi connectivity index (χ0n) is 40.7. The molecular weight excluding hydrogens is 811 g/mol. The second kappa shape index (κ2) is 15.2. The van der Waals surface area contributed by atoms with Gasteiger partial charge in [0.1, 0.15) is 11.9 Å². The molecule has 9 heteroatoms. The lowest BCUT2D eigenvalue weighted by Crippen LogP contribution is -2.70. The van der Waals surface area contributed by atoms with Crippen molar-refractivity contribution in [2.75, 3.05) is 26.8 Å². The second-order valence-electron chi connectivity index (χ2n) is 24.5. The van der Waals surface area contributed by atoms with Gasteiger partial charge in [-0.1, -0.05) is 57.9 Å². The lowest BCUT2D eigenvalue weighted by atomic mass is 9.31. The normalized spacial score (nSPS) is 40.4. The molecule has 0 unspecified atom stereocenters. The Morgan fingerprint density at radius 1 is 0.969 bits per heavy atom.